The highest BCUT2D eigenvalue weighted by Gasteiger charge is 2.38. The van der Waals surface area contributed by atoms with E-state index in [2.05, 4.69) is 0 Å². The fraction of sp³-hybridized carbons (Fsp3) is 0.528. The van der Waals surface area contributed by atoms with E-state index < -0.39 is 34.8 Å². The molecule has 2 aromatic carbocycles. The number of fused-ring (bicyclic) bond motifs is 1. The van der Waals surface area contributed by atoms with Crippen LogP contribution >= 0.6 is 0 Å². The zero-order chi connectivity index (χ0) is 35.0. The Labute approximate surface area is 280 Å². The van der Waals surface area contributed by atoms with Crippen molar-refractivity contribution in [3.8, 4) is 5.75 Å². The summed E-state index contributed by atoms with van der Waals surface area (Å²) in [6, 6.07) is 11.8. The first kappa shape index (κ1) is 34.7. The highest BCUT2D eigenvalue weighted by molar-refractivity contribution is 6.00. The van der Waals surface area contributed by atoms with Gasteiger partial charge in [0.15, 0.2) is 0 Å². The zero-order valence-electron chi connectivity index (χ0n) is 28.9. The highest BCUT2D eigenvalue weighted by atomic mass is 16.6. The van der Waals surface area contributed by atoms with Crippen LogP contribution in [0.1, 0.15) is 90.3 Å². The summed E-state index contributed by atoms with van der Waals surface area (Å²) >= 11 is 0. The number of carbonyl (C=O) groups is 4. The van der Waals surface area contributed by atoms with E-state index in [-0.39, 0.29) is 43.8 Å². The van der Waals surface area contributed by atoms with Crippen molar-refractivity contribution in [1.82, 2.24) is 18.9 Å². The molecule has 2 aliphatic heterocycles. The molecule has 258 valence electrons. The number of methoxy groups -OCH3 is 1. The van der Waals surface area contributed by atoms with Gasteiger partial charge in [-0.1, -0.05) is 18.2 Å². The Balaban J connectivity index is 1.47. The molecule has 3 amide bonds. The fourth-order valence-electron chi connectivity index (χ4n) is 6.37. The van der Waals surface area contributed by atoms with Gasteiger partial charge in [0.2, 0.25) is 5.91 Å². The quantitative estimate of drug-likeness (QED) is 0.251. The monoisotopic (exact) mass is 662 g/mol. The Morgan fingerprint density at radius 1 is 0.833 bits per heavy atom. The van der Waals surface area contributed by atoms with E-state index in [1.54, 1.807) is 57.0 Å². The average Bonchev–Trinajstić information content (AvgIpc) is 3.27. The number of nitrogens with zero attached hydrogens (tertiary/aromatic N) is 4. The lowest BCUT2D eigenvalue weighted by Gasteiger charge is -2.33. The van der Waals surface area contributed by atoms with Crippen LogP contribution in [0, 0.1) is 0 Å². The van der Waals surface area contributed by atoms with Gasteiger partial charge in [0.05, 0.1) is 24.7 Å². The molecule has 0 bridgehead atoms. The summed E-state index contributed by atoms with van der Waals surface area (Å²) in [6.45, 7) is 11.6. The number of carbonyl (C=O) groups excluding carboxylic acids is 4. The van der Waals surface area contributed by atoms with Crippen molar-refractivity contribution in [2.75, 3.05) is 20.2 Å². The molecule has 48 heavy (non-hydrogen) atoms. The van der Waals surface area contributed by atoms with E-state index in [9.17, 15) is 24.0 Å². The van der Waals surface area contributed by atoms with Gasteiger partial charge >= 0.3 is 17.8 Å². The summed E-state index contributed by atoms with van der Waals surface area (Å²) in [5.74, 6) is -0.594. The van der Waals surface area contributed by atoms with Gasteiger partial charge in [0, 0.05) is 19.5 Å². The molecule has 0 aliphatic carbocycles. The molecular weight excluding hydrogens is 616 g/mol. The minimum absolute atomic E-state index is 0.0651. The lowest BCUT2D eigenvalue weighted by atomic mass is 9.89. The number of imide groups is 1. The van der Waals surface area contributed by atoms with E-state index in [1.807, 2.05) is 39.0 Å². The predicted octanol–water partition coefficient (Wildman–Crippen LogP) is 5.16. The molecule has 0 saturated carbocycles. The van der Waals surface area contributed by atoms with E-state index in [0.29, 0.717) is 42.7 Å². The van der Waals surface area contributed by atoms with Crippen LogP contribution in [0.2, 0.25) is 0 Å². The molecular formula is C36H46N4O8. The number of hydrogen-bond donors (Lipinski definition) is 0. The summed E-state index contributed by atoms with van der Waals surface area (Å²) in [7, 11) is 1.56. The zero-order valence-corrected chi connectivity index (χ0v) is 28.9. The summed E-state index contributed by atoms with van der Waals surface area (Å²) in [6.07, 6.45) is 1.31. The largest absolute Gasteiger partial charge is 0.497 e. The average molecular weight is 663 g/mol. The van der Waals surface area contributed by atoms with Crippen LogP contribution in [0.5, 0.6) is 5.75 Å². The SMILES string of the molecule is COc1ccc(CN2C(=O)CCC(n3c(=O)n(CC(=O)OC(C)(C)C)c4cc(C5CCN(C(=O)OC(C)(C)C)CC5)ccc43)C2=O)cc1. The normalized spacial score (nSPS) is 17.9. The number of likely N-dealkylation sites (tertiary alicyclic amines) is 2. The van der Waals surface area contributed by atoms with Crippen LogP contribution in [0.4, 0.5) is 4.79 Å². The number of aromatic nitrogens is 2. The van der Waals surface area contributed by atoms with Crippen molar-refractivity contribution < 1.29 is 33.4 Å². The molecule has 12 heteroatoms. The number of rotatable bonds is 7. The van der Waals surface area contributed by atoms with Gasteiger partial charge in [0.1, 0.15) is 29.5 Å². The van der Waals surface area contributed by atoms with E-state index in [0.717, 1.165) is 11.1 Å². The second-order valence-electron chi connectivity index (χ2n) is 14.5. The summed E-state index contributed by atoms with van der Waals surface area (Å²) in [5.41, 5.74) is 0.857. The Morgan fingerprint density at radius 2 is 1.48 bits per heavy atom. The molecule has 1 unspecified atom stereocenters. The van der Waals surface area contributed by atoms with Crippen molar-refractivity contribution >= 4 is 34.9 Å². The molecule has 0 spiro atoms. The molecule has 5 rings (SSSR count). The first-order chi connectivity index (χ1) is 22.5. The lowest BCUT2D eigenvalue weighted by molar-refractivity contribution is -0.155. The third kappa shape index (κ3) is 7.74. The first-order valence-electron chi connectivity index (χ1n) is 16.5. The van der Waals surface area contributed by atoms with Crippen molar-refractivity contribution in [3.63, 3.8) is 0 Å². The lowest BCUT2D eigenvalue weighted by Crippen LogP contribution is -2.47. The molecule has 3 aromatic rings. The smallest absolute Gasteiger partial charge is 0.410 e. The van der Waals surface area contributed by atoms with Crippen molar-refractivity contribution in [3.05, 3.63) is 64.1 Å². The van der Waals surface area contributed by atoms with E-state index in [1.165, 1.54) is 14.0 Å². The molecule has 3 heterocycles. The van der Waals surface area contributed by atoms with Crippen molar-refractivity contribution in [2.24, 2.45) is 0 Å². The summed E-state index contributed by atoms with van der Waals surface area (Å²) < 4.78 is 19.1. The molecule has 2 saturated heterocycles. The van der Waals surface area contributed by atoms with Gasteiger partial charge in [-0.15, -0.1) is 0 Å². The summed E-state index contributed by atoms with van der Waals surface area (Å²) in [5, 5.41) is 0. The van der Waals surface area contributed by atoms with E-state index >= 15 is 0 Å². The van der Waals surface area contributed by atoms with Gasteiger partial charge in [-0.2, -0.15) is 0 Å². The maximum absolute atomic E-state index is 14.2. The fourth-order valence-corrected chi connectivity index (χ4v) is 6.37. The maximum atomic E-state index is 14.2. The van der Waals surface area contributed by atoms with Crippen LogP contribution in [0.3, 0.4) is 0 Å². The van der Waals surface area contributed by atoms with Gasteiger partial charge in [0.25, 0.3) is 5.91 Å². The topological polar surface area (TPSA) is 129 Å². The number of benzene rings is 2. The molecule has 1 atom stereocenters. The third-order valence-electron chi connectivity index (χ3n) is 8.61. The van der Waals surface area contributed by atoms with Crippen LogP contribution in [-0.4, -0.2) is 74.2 Å². The highest BCUT2D eigenvalue weighted by Crippen LogP contribution is 2.33. The number of piperidine rings is 2. The number of esters is 1. The molecule has 0 radical (unpaired) electrons. The van der Waals surface area contributed by atoms with Crippen LogP contribution in [0.25, 0.3) is 11.0 Å². The Morgan fingerprint density at radius 3 is 2.08 bits per heavy atom. The predicted molar refractivity (Wildman–Crippen MR) is 179 cm³/mol. The van der Waals surface area contributed by atoms with E-state index in [4.69, 9.17) is 14.2 Å². The van der Waals surface area contributed by atoms with Gasteiger partial charge < -0.3 is 19.1 Å². The molecule has 2 fully saturated rings. The van der Waals surface area contributed by atoms with Crippen LogP contribution in [-0.2, 0) is 36.9 Å². The second-order valence-corrected chi connectivity index (χ2v) is 14.5. The summed E-state index contributed by atoms with van der Waals surface area (Å²) in [4.78, 5) is 69.7. The number of hydrogen-bond acceptors (Lipinski definition) is 8. The maximum Gasteiger partial charge on any atom is 0.410 e. The van der Waals surface area contributed by atoms with Crippen molar-refractivity contribution in [2.45, 2.75) is 103 Å². The first-order valence-corrected chi connectivity index (χ1v) is 16.5. The Bertz CT molecular complexity index is 1750. The second kappa shape index (κ2) is 13.5. The molecule has 2 aliphatic rings. The van der Waals surface area contributed by atoms with Gasteiger partial charge in [-0.25, -0.2) is 9.59 Å². The number of ether oxygens (including phenoxy) is 3. The third-order valence-corrected chi connectivity index (χ3v) is 8.61. The van der Waals surface area contributed by atoms with Crippen LogP contribution < -0.4 is 10.4 Å². The standard InChI is InChI=1S/C36H46N4O8/c1-35(2,3)47-31(42)22-38-29-20-25(24-16-18-37(19-17-24)34(45)48-36(4,5)6)10-13-27(29)40(33(38)44)28-14-15-30(41)39(32(28)43)21-23-8-11-26(46-7)12-9-23/h8-13,20,24,28H,14-19,21-22H2,1-7H3. The minimum atomic E-state index is -0.932. The Kier molecular flexibility index (Phi) is 9.75. The molecule has 1 aromatic heterocycles. The molecule has 0 N–H and O–H groups in total. The molecule has 12 nitrogen and oxygen atoms in total. The minimum Gasteiger partial charge on any atom is -0.497 e. The van der Waals surface area contributed by atoms with Crippen LogP contribution in [0.15, 0.2) is 47.3 Å². The number of amides is 3. The van der Waals surface area contributed by atoms with Gasteiger partial charge in [-0.05, 0) is 102 Å². The van der Waals surface area contributed by atoms with Crippen molar-refractivity contribution in [1.29, 1.82) is 0 Å². The Hall–Kier alpha value is -4.61. The number of imidazole rings is 1. The van der Waals surface area contributed by atoms with Gasteiger partial charge in [-0.3, -0.25) is 28.4 Å².